The summed E-state index contributed by atoms with van der Waals surface area (Å²) in [6, 6.07) is 1.26. The highest BCUT2D eigenvalue weighted by Gasteiger charge is 1.69. The number of hydrogen-bond acceptors (Lipinski definition) is 1. The Morgan fingerprint density at radius 1 is 1.71 bits per heavy atom. The van der Waals surface area contributed by atoms with Crippen LogP contribution >= 0.6 is 0 Å². The first-order chi connectivity index (χ1) is 3.41. The molecule has 0 atom stereocenters. The van der Waals surface area contributed by atoms with E-state index in [1.165, 1.54) is 6.04 Å². The first-order valence-electron chi connectivity index (χ1n) is 2.59. The van der Waals surface area contributed by atoms with Gasteiger partial charge in [-0.2, -0.15) is 0 Å². The lowest BCUT2D eigenvalue weighted by atomic mass is 10.7. The molecule has 0 unspecified atom stereocenters. The molecular weight excluding hydrogens is 104 g/mol. The van der Waals surface area contributed by atoms with Gasteiger partial charge in [0.1, 0.15) is 0 Å². The lowest BCUT2D eigenvalue weighted by Gasteiger charge is -1.83. The van der Waals surface area contributed by atoms with Crippen LogP contribution in [-0.2, 0) is 4.74 Å². The van der Waals surface area contributed by atoms with E-state index in [1.807, 2.05) is 0 Å². The summed E-state index contributed by atoms with van der Waals surface area (Å²) in [7, 11) is 1.90. The minimum atomic E-state index is 0.227. The molecule has 0 aromatic heterocycles. The summed E-state index contributed by atoms with van der Waals surface area (Å²) >= 11 is 0. The fourth-order valence-corrected chi connectivity index (χ4v) is 0.800. The first-order valence-corrected chi connectivity index (χ1v) is 5.01. The van der Waals surface area contributed by atoms with Gasteiger partial charge in [-0.15, -0.1) is 0 Å². The second-order valence-electron chi connectivity index (χ2n) is 1.40. The van der Waals surface area contributed by atoms with Gasteiger partial charge in [0.05, 0.1) is 13.4 Å². The summed E-state index contributed by atoms with van der Waals surface area (Å²) in [6.45, 7) is 2.28. The van der Waals surface area contributed by atoms with Gasteiger partial charge in [0.25, 0.3) is 0 Å². The zero-order valence-corrected chi connectivity index (χ0v) is 6.39. The number of methoxy groups -OCH3 is 1. The van der Waals surface area contributed by atoms with Crippen LogP contribution in [0.1, 0.15) is 0 Å². The maximum atomic E-state index is 4.69. The van der Waals surface area contributed by atoms with Crippen molar-refractivity contribution in [2.24, 2.45) is 0 Å². The van der Waals surface area contributed by atoms with Crippen molar-refractivity contribution in [2.75, 3.05) is 7.11 Å². The Kier molecular flexibility index (Phi) is 5.56. The lowest BCUT2D eigenvalue weighted by molar-refractivity contribution is 0.337. The quantitative estimate of drug-likeness (QED) is 0.391. The fraction of sp³-hybridized carbons (Fsp3) is 0.600. The average Bonchev–Trinajstić information content (AvgIpc) is 1.69. The maximum absolute atomic E-state index is 4.69. The van der Waals surface area contributed by atoms with Crippen molar-refractivity contribution in [1.82, 2.24) is 0 Å². The van der Waals surface area contributed by atoms with Gasteiger partial charge in [0.2, 0.25) is 0 Å². The Balaban J connectivity index is 2.78. The number of ether oxygens (including phenoxy) is 1. The molecule has 0 N–H and O–H groups in total. The summed E-state index contributed by atoms with van der Waals surface area (Å²) in [6.07, 6.45) is 3.82. The van der Waals surface area contributed by atoms with E-state index >= 15 is 0 Å². The van der Waals surface area contributed by atoms with Crippen LogP contribution < -0.4 is 0 Å². The summed E-state index contributed by atoms with van der Waals surface area (Å²) in [5.41, 5.74) is 0. The summed E-state index contributed by atoms with van der Waals surface area (Å²) in [5, 5.41) is 0. The Morgan fingerprint density at radius 3 is 2.86 bits per heavy atom. The van der Waals surface area contributed by atoms with Gasteiger partial charge >= 0.3 is 0 Å². The zero-order chi connectivity index (χ0) is 5.54. The van der Waals surface area contributed by atoms with Crippen molar-refractivity contribution in [3.63, 3.8) is 0 Å². The molecule has 0 aromatic rings. The molecule has 0 heterocycles. The third-order valence-corrected chi connectivity index (χ3v) is 1.60. The van der Waals surface area contributed by atoms with Crippen molar-refractivity contribution >= 4 is 9.52 Å². The molecule has 0 bridgehead atoms. The molecule has 0 aromatic carbocycles. The van der Waals surface area contributed by atoms with E-state index in [1.54, 1.807) is 13.4 Å². The molecule has 7 heavy (non-hydrogen) atoms. The monoisotopic (exact) mass is 116 g/mol. The topological polar surface area (TPSA) is 9.23 Å². The highest BCUT2D eigenvalue weighted by molar-refractivity contribution is 6.34. The molecule has 0 fully saturated rings. The third-order valence-electron chi connectivity index (χ3n) is 0.688. The molecule has 0 rings (SSSR count). The lowest BCUT2D eigenvalue weighted by Crippen LogP contribution is -1.73. The highest BCUT2D eigenvalue weighted by Crippen LogP contribution is 1.79. The largest absolute Gasteiger partial charge is 0.505 e. The average molecular weight is 116 g/mol. The summed E-state index contributed by atoms with van der Waals surface area (Å²) < 4.78 is 4.69. The molecule has 0 aliphatic heterocycles. The molecule has 0 radical (unpaired) electrons. The van der Waals surface area contributed by atoms with Gasteiger partial charge in [-0.05, 0) is 6.04 Å². The van der Waals surface area contributed by atoms with Crippen molar-refractivity contribution in [3.8, 4) is 0 Å². The van der Waals surface area contributed by atoms with Crippen molar-refractivity contribution < 1.29 is 4.74 Å². The van der Waals surface area contributed by atoms with Gasteiger partial charge in [-0.3, -0.25) is 0 Å². The molecule has 42 valence electrons. The van der Waals surface area contributed by atoms with Crippen molar-refractivity contribution in [2.45, 2.75) is 12.6 Å². The Morgan fingerprint density at radius 2 is 2.43 bits per heavy atom. The third kappa shape index (κ3) is 5.76. The van der Waals surface area contributed by atoms with Crippen LogP contribution in [0, 0.1) is 0 Å². The van der Waals surface area contributed by atoms with Crippen LogP contribution in [-0.4, -0.2) is 16.6 Å². The fourth-order valence-electron chi connectivity index (χ4n) is 0.331. The summed E-state index contributed by atoms with van der Waals surface area (Å²) in [4.78, 5) is 0. The van der Waals surface area contributed by atoms with Gasteiger partial charge in [-0.1, -0.05) is 12.6 Å². The van der Waals surface area contributed by atoms with Crippen LogP contribution in [0.2, 0.25) is 12.6 Å². The molecule has 2 heteroatoms. The molecular formula is C5H12OSi. The number of allylic oxidation sites excluding steroid dienone is 1. The smallest absolute Gasteiger partial charge is 0.0781 e. The maximum Gasteiger partial charge on any atom is 0.0781 e. The molecule has 0 saturated heterocycles. The molecule has 0 saturated carbocycles. The van der Waals surface area contributed by atoms with E-state index < -0.39 is 0 Å². The number of hydrogen-bond donors (Lipinski definition) is 0. The van der Waals surface area contributed by atoms with Gasteiger partial charge in [0, 0.05) is 9.52 Å². The van der Waals surface area contributed by atoms with E-state index in [2.05, 4.69) is 17.4 Å². The summed E-state index contributed by atoms with van der Waals surface area (Å²) in [5.74, 6) is 0. The van der Waals surface area contributed by atoms with Crippen molar-refractivity contribution in [3.05, 3.63) is 12.3 Å². The molecule has 0 aliphatic rings. The van der Waals surface area contributed by atoms with Crippen LogP contribution in [0.15, 0.2) is 12.3 Å². The standard InChI is InChI=1S/C5H12OSi/c1-6-4-3-5-7-2/h3-4H,5,7H2,1-2H3. The van der Waals surface area contributed by atoms with Crippen LogP contribution in [0.4, 0.5) is 0 Å². The first kappa shape index (κ1) is 6.76. The predicted octanol–water partition coefficient (Wildman–Crippen LogP) is 0.782. The molecule has 0 amide bonds. The highest BCUT2D eigenvalue weighted by atomic mass is 28.2. The normalized spacial score (nSPS) is 11.7. The Labute approximate surface area is 47.2 Å². The van der Waals surface area contributed by atoms with Gasteiger partial charge in [-0.25, -0.2) is 0 Å². The van der Waals surface area contributed by atoms with E-state index in [0.717, 1.165) is 0 Å². The zero-order valence-electron chi connectivity index (χ0n) is 4.98. The van der Waals surface area contributed by atoms with E-state index in [4.69, 9.17) is 0 Å². The van der Waals surface area contributed by atoms with E-state index in [9.17, 15) is 0 Å². The second-order valence-corrected chi connectivity index (χ2v) is 2.97. The molecule has 1 nitrogen and oxygen atoms in total. The van der Waals surface area contributed by atoms with Gasteiger partial charge in [0.15, 0.2) is 0 Å². The van der Waals surface area contributed by atoms with Crippen molar-refractivity contribution in [1.29, 1.82) is 0 Å². The molecule has 0 spiro atoms. The van der Waals surface area contributed by atoms with E-state index in [-0.39, 0.29) is 9.52 Å². The Bertz CT molecular complexity index is 52.0. The SMILES string of the molecule is COC=CC[SiH2]C. The minimum absolute atomic E-state index is 0.227. The van der Waals surface area contributed by atoms with E-state index in [0.29, 0.717) is 0 Å². The van der Waals surface area contributed by atoms with Crippen LogP contribution in [0.5, 0.6) is 0 Å². The molecule has 0 aliphatic carbocycles. The number of rotatable bonds is 3. The van der Waals surface area contributed by atoms with Crippen LogP contribution in [0.3, 0.4) is 0 Å². The Hall–Kier alpha value is -0.243. The minimum Gasteiger partial charge on any atom is -0.505 e. The predicted molar refractivity (Wildman–Crippen MR) is 35.4 cm³/mol. The second kappa shape index (κ2) is 5.76. The van der Waals surface area contributed by atoms with Crippen LogP contribution in [0.25, 0.3) is 0 Å². The van der Waals surface area contributed by atoms with Gasteiger partial charge < -0.3 is 4.74 Å².